The van der Waals surface area contributed by atoms with Crippen LogP contribution in [0, 0.1) is 0 Å². The van der Waals surface area contributed by atoms with Crippen molar-refractivity contribution in [3.8, 4) is 0 Å². The average Bonchev–Trinajstić information content (AvgIpc) is 3.38. The molecule has 1 unspecified atom stereocenters. The van der Waals surface area contributed by atoms with Crippen molar-refractivity contribution < 1.29 is 0 Å². The van der Waals surface area contributed by atoms with Crippen LogP contribution in [0.4, 0.5) is 0 Å². The summed E-state index contributed by atoms with van der Waals surface area (Å²) in [6.45, 7) is 7.52. The Morgan fingerprint density at radius 3 is 2.79 bits per heavy atom. The fourth-order valence-electron chi connectivity index (χ4n) is 2.85. The molecule has 0 aliphatic rings. The van der Waals surface area contributed by atoms with Crippen LogP contribution in [0.3, 0.4) is 0 Å². The molecule has 2 N–H and O–H groups in total. The fraction of sp³-hybridized carbons (Fsp3) is 0.333. The van der Waals surface area contributed by atoms with Gasteiger partial charge in [-0.25, -0.2) is 9.98 Å². The number of hydrogen-bond acceptors (Lipinski definition) is 3. The standard InChI is InChI=1S/C21H27N5S.HI/c1-3-23-21(24-13-17(2)20-8-5-11-27-20)25-14-18-6-4-7-19(12-18)15-26-10-9-22-16-26;/h4-12,16-17H,3,13-15H2,1-2H3,(H2,23,24,25);1H. The molecule has 1 atom stereocenters. The van der Waals surface area contributed by atoms with Gasteiger partial charge in [-0.15, -0.1) is 35.3 Å². The number of hydrogen-bond donors (Lipinski definition) is 2. The molecule has 28 heavy (non-hydrogen) atoms. The fourth-order valence-corrected chi connectivity index (χ4v) is 3.64. The predicted molar refractivity (Wildman–Crippen MR) is 129 cm³/mol. The number of benzene rings is 1. The summed E-state index contributed by atoms with van der Waals surface area (Å²) in [7, 11) is 0. The quantitative estimate of drug-likeness (QED) is 0.268. The first-order valence-electron chi connectivity index (χ1n) is 9.33. The van der Waals surface area contributed by atoms with Crippen molar-refractivity contribution in [3.05, 3.63) is 76.5 Å². The first kappa shape index (κ1) is 22.4. The van der Waals surface area contributed by atoms with E-state index in [9.17, 15) is 0 Å². The Labute approximate surface area is 188 Å². The van der Waals surface area contributed by atoms with Gasteiger partial charge in [-0.1, -0.05) is 37.3 Å². The summed E-state index contributed by atoms with van der Waals surface area (Å²) >= 11 is 1.80. The molecule has 0 spiro atoms. The van der Waals surface area contributed by atoms with Crippen LogP contribution in [0.15, 0.2) is 65.5 Å². The lowest BCUT2D eigenvalue weighted by molar-refractivity contribution is 0.709. The van der Waals surface area contributed by atoms with Gasteiger partial charge in [0.15, 0.2) is 5.96 Å². The monoisotopic (exact) mass is 509 g/mol. The molecule has 0 bridgehead atoms. The highest BCUT2D eigenvalue weighted by Crippen LogP contribution is 2.19. The normalized spacial score (nSPS) is 12.3. The van der Waals surface area contributed by atoms with Gasteiger partial charge in [0.1, 0.15) is 0 Å². The lowest BCUT2D eigenvalue weighted by atomic mass is 10.1. The highest BCUT2D eigenvalue weighted by Gasteiger charge is 2.07. The van der Waals surface area contributed by atoms with E-state index in [4.69, 9.17) is 4.99 Å². The van der Waals surface area contributed by atoms with E-state index < -0.39 is 0 Å². The number of guanidine groups is 1. The number of halogens is 1. The molecule has 2 heterocycles. The van der Waals surface area contributed by atoms with E-state index in [1.807, 2.05) is 12.5 Å². The molecule has 0 fully saturated rings. The third-order valence-electron chi connectivity index (χ3n) is 4.28. The largest absolute Gasteiger partial charge is 0.357 e. The maximum atomic E-state index is 4.75. The SMILES string of the molecule is CCNC(=NCc1cccc(Cn2ccnc2)c1)NCC(C)c1cccs1.I. The Morgan fingerprint density at radius 1 is 1.21 bits per heavy atom. The van der Waals surface area contributed by atoms with Gasteiger partial charge >= 0.3 is 0 Å². The molecule has 3 rings (SSSR count). The van der Waals surface area contributed by atoms with Crippen molar-refractivity contribution in [2.24, 2.45) is 4.99 Å². The molecule has 7 heteroatoms. The van der Waals surface area contributed by atoms with Gasteiger partial charge in [-0.05, 0) is 29.5 Å². The number of nitrogens with zero attached hydrogens (tertiary/aromatic N) is 3. The van der Waals surface area contributed by atoms with E-state index in [1.165, 1.54) is 16.0 Å². The summed E-state index contributed by atoms with van der Waals surface area (Å²) in [5, 5.41) is 8.92. The van der Waals surface area contributed by atoms with Crippen LogP contribution in [0.2, 0.25) is 0 Å². The first-order valence-corrected chi connectivity index (χ1v) is 10.2. The van der Waals surface area contributed by atoms with Crippen molar-refractivity contribution in [1.82, 2.24) is 20.2 Å². The van der Waals surface area contributed by atoms with Gasteiger partial charge in [0.05, 0.1) is 12.9 Å². The highest BCUT2D eigenvalue weighted by molar-refractivity contribution is 14.0. The summed E-state index contributed by atoms with van der Waals surface area (Å²) in [5.41, 5.74) is 2.46. The van der Waals surface area contributed by atoms with Crippen LogP contribution in [0.25, 0.3) is 0 Å². The highest BCUT2D eigenvalue weighted by atomic mass is 127. The van der Waals surface area contributed by atoms with E-state index in [-0.39, 0.29) is 24.0 Å². The van der Waals surface area contributed by atoms with E-state index in [0.717, 1.165) is 25.6 Å². The molecule has 0 radical (unpaired) electrons. The van der Waals surface area contributed by atoms with Crippen LogP contribution >= 0.6 is 35.3 Å². The zero-order valence-electron chi connectivity index (χ0n) is 16.3. The molecule has 2 aromatic heterocycles. The Balaban J connectivity index is 0.00000280. The van der Waals surface area contributed by atoms with Crippen molar-refractivity contribution in [1.29, 1.82) is 0 Å². The van der Waals surface area contributed by atoms with Gasteiger partial charge in [0.2, 0.25) is 0 Å². The molecule has 0 aliphatic carbocycles. The lowest BCUT2D eigenvalue weighted by Crippen LogP contribution is -2.39. The van der Waals surface area contributed by atoms with Crippen LogP contribution in [0.1, 0.15) is 35.8 Å². The second-order valence-corrected chi connectivity index (χ2v) is 7.53. The van der Waals surface area contributed by atoms with E-state index in [0.29, 0.717) is 12.5 Å². The van der Waals surface area contributed by atoms with E-state index in [1.54, 1.807) is 17.5 Å². The predicted octanol–water partition coefficient (Wildman–Crippen LogP) is 4.47. The summed E-state index contributed by atoms with van der Waals surface area (Å²) < 4.78 is 2.07. The van der Waals surface area contributed by atoms with Crippen molar-refractivity contribution in [2.75, 3.05) is 13.1 Å². The van der Waals surface area contributed by atoms with E-state index >= 15 is 0 Å². The first-order chi connectivity index (χ1) is 13.2. The lowest BCUT2D eigenvalue weighted by Gasteiger charge is -2.15. The molecular formula is C21H28IN5S. The molecular weight excluding hydrogens is 481 g/mol. The van der Waals surface area contributed by atoms with Gasteiger partial charge in [0.25, 0.3) is 0 Å². The van der Waals surface area contributed by atoms with Gasteiger partial charge < -0.3 is 15.2 Å². The zero-order valence-corrected chi connectivity index (χ0v) is 19.5. The van der Waals surface area contributed by atoms with Crippen LogP contribution < -0.4 is 10.6 Å². The zero-order chi connectivity index (χ0) is 18.9. The Morgan fingerprint density at radius 2 is 2.07 bits per heavy atom. The topological polar surface area (TPSA) is 54.2 Å². The third-order valence-corrected chi connectivity index (χ3v) is 5.39. The molecule has 0 aliphatic heterocycles. The van der Waals surface area contributed by atoms with Crippen molar-refractivity contribution in [2.45, 2.75) is 32.9 Å². The molecule has 0 amide bonds. The van der Waals surface area contributed by atoms with Crippen LogP contribution in [0.5, 0.6) is 0 Å². The van der Waals surface area contributed by atoms with Gasteiger partial charge in [0, 0.05) is 42.8 Å². The minimum absolute atomic E-state index is 0. The summed E-state index contributed by atoms with van der Waals surface area (Å²) in [6, 6.07) is 12.9. The van der Waals surface area contributed by atoms with Crippen LogP contribution in [-0.2, 0) is 13.1 Å². The summed E-state index contributed by atoms with van der Waals surface area (Å²) in [5.74, 6) is 1.33. The van der Waals surface area contributed by atoms with Crippen molar-refractivity contribution >= 4 is 41.3 Å². The Kier molecular flexibility index (Phi) is 9.49. The minimum Gasteiger partial charge on any atom is -0.357 e. The average molecular weight is 509 g/mol. The smallest absolute Gasteiger partial charge is 0.191 e. The summed E-state index contributed by atoms with van der Waals surface area (Å²) in [4.78, 5) is 10.2. The molecule has 150 valence electrons. The van der Waals surface area contributed by atoms with Gasteiger partial charge in [-0.2, -0.15) is 0 Å². The summed E-state index contributed by atoms with van der Waals surface area (Å²) in [6.07, 6.45) is 5.62. The van der Waals surface area contributed by atoms with E-state index in [2.05, 4.69) is 75.8 Å². The molecule has 1 aromatic carbocycles. The molecule has 0 saturated heterocycles. The van der Waals surface area contributed by atoms with Gasteiger partial charge in [-0.3, -0.25) is 0 Å². The van der Waals surface area contributed by atoms with Crippen molar-refractivity contribution in [3.63, 3.8) is 0 Å². The molecule has 0 saturated carbocycles. The number of aliphatic imine (C=N–C) groups is 1. The molecule has 5 nitrogen and oxygen atoms in total. The molecule has 3 aromatic rings. The number of nitrogens with one attached hydrogen (secondary N) is 2. The second-order valence-electron chi connectivity index (χ2n) is 6.55. The second kappa shape index (κ2) is 11.9. The van der Waals surface area contributed by atoms with Crippen LogP contribution in [-0.4, -0.2) is 28.6 Å². The number of rotatable bonds is 8. The maximum absolute atomic E-state index is 4.75. The minimum atomic E-state index is 0. The third kappa shape index (κ3) is 6.94. The number of aromatic nitrogens is 2. The number of thiophene rings is 1. The Hall–Kier alpha value is -1.87. The number of imidazole rings is 1. The Bertz CT molecular complexity index is 830. The maximum Gasteiger partial charge on any atom is 0.191 e.